The molecule has 0 bridgehead atoms. The van der Waals surface area contributed by atoms with Gasteiger partial charge < -0.3 is 10.5 Å². The highest BCUT2D eigenvalue weighted by atomic mass is 32.2. The fourth-order valence-corrected chi connectivity index (χ4v) is 4.22. The van der Waals surface area contributed by atoms with E-state index in [4.69, 9.17) is 10.5 Å². The van der Waals surface area contributed by atoms with Crippen LogP contribution < -0.4 is 10.5 Å². The van der Waals surface area contributed by atoms with Gasteiger partial charge in [0.25, 0.3) is 0 Å². The van der Waals surface area contributed by atoms with E-state index in [1.165, 1.54) is 37.8 Å². The number of imidazole rings is 1. The van der Waals surface area contributed by atoms with Crippen molar-refractivity contribution in [3.05, 3.63) is 49.1 Å². The lowest BCUT2D eigenvalue weighted by Gasteiger charge is -2.12. The molecule has 2 N–H and O–H groups in total. The molecule has 0 aliphatic heterocycles. The van der Waals surface area contributed by atoms with Crippen molar-refractivity contribution in [2.45, 2.75) is 9.79 Å². The van der Waals surface area contributed by atoms with Crippen LogP contribution in [-0.2, 0) is 9.84 Å². The minimum Gasteiger partial charge on any atom is -0.497 e. The predicted molar refractivity (Wildman–Crippen MR) is 91.1 cm³/mol. The fraction of sp³-hybridized carbons (Fsp3) is 0.0625. The van der Waals surface area contributed by atoms with Crippen LogP contribution in [0.5, 0.6) is 5.75 Å². The summed E-state index contributed by atoms with van der Waals surface area (Å²) in [4.78, 5) is 12.6. The molecule has 25 heavy (non-hydrogen) atoms. The van der Waals surface area contributed by atoms with E-state index in [0.29, 0.717) is 17.0 Å². The van der Waals surface area contributed by atoms with Crippen LogP contribution in [-0.4, -0.2) is 34.9 Å². The molecule has 9 heteroatoms. The number of hydrogen-bond acceptors (Lipinski definition) is 7. The van der Waals surface area contributed by atoms with E-state index in [-0.39, 0.29) is 21.0 Å². The third-order valence-electron chi connectivity index (χ3n) is 3.89. The Morgan fingerprint density at radius 3 is 2.40 bits per heavy atom. The molecular weight excluding hydrogens is 342 g/mol. The highest BCUT2D eigenvalue weighted by molar-refractivity contribution is 7.92. The maximum atomic E-state index is 13.2. The molecule has 126 valence electrons. The van der Waals surface area contributed by atoms with Gasteiger partial charge in [-0.1, -0.05) is 0 Å². The zero-order valence-electron chi connectivity index (χ0n) is 13.1. The summed E-state index contributed by atoms with van der Waals surface area (Å²) in [7, 11) is -2.42. The van der Waals surface area contributed by atoms with E-state index < -0.39 is 9.84 Å². The number of nitrogens with two attached hydrogens (primary N) is 1. The second kappa shape index (κ2) is 5.42. The van der Waals surface area contributed by atoms with Gasteiger partial charge in [0.2, 0.25) is 9.84 Å². The number of hydrogen-bond donors (Lipinski definition) is 1. The molecule has 0 aliphatic rings. The SMILES string of the molecule is COc1ccc(S(=O)(=O)c2c(N)c3nccn3c3nccnc23)cc1. The Balaban J connectivity index is 2.08. The third kappa shape index (κ3) is 2.20. The second-order valence-corrected chi connectivity index (χ2v) is 7.16. The van der Waals surface area contributed by atoms with Gasteiger partial charge in [-0.15, -0.1) is 0 Å². The van der Waals surface area contributed by atoms with Crippen molar-refractivity contribution in [3.63, 3.8) is 0 Å². The van der Waals surface area contributed by atoms with Crippen LogP contribution in [0.2, 0.25) is 0 Å². The second-order valence-electron chi connectivity index (χ2n) is 5.27. The number of anilines is 1. The van der Waals surface area contributed by atoms with Gasteiger partial charge in [-0.2, -0.15) is 0 Å². The minimum atomic E-state index is -3.93. The smallest absolute Gasteiger partial charge is 0.211 e. The van der Waals surface area contributed by atoms with Crippen LogP contribution in [0, 0.1) is 0 Å². The van der Waals surface area contributed by atoms with Gasteiger partial charge in [0, 0.05) is 24.8 Å². The van der Waals surface area contributed by atoms with E-state index >= 15 is 0 Å². The van der Waals surface area contributed by atoms with Crippen molar-refractivity contribution in [3.8, 4) is 5.75 Å². The number of fused-ring (bicyclic) bond motifs is 3. The number of ether oxygens (including phenoxy) is 1. The average molecular weight is 355 g/mol. The highest BCUT2D eigenvalue weighted by Crippen LogP contribution is 2.34. The number of methoxy groups -OCH3 is 1. The summed E-state index contributed by atoms with van der Waals surface area (Å²) in [6.45, 7) is 0. The summed E-state index contributed by atoms with van der Waals surface area (Å²) in [5.41, 5.74) is 7.08. The summed E-state index contributed by atoms with van der Waals surface area (Å²) >= 11 is 0. The van der Waals surface area contributed by atoms with Crippen molar-refractivity contribution >= 4 is 32.3 Å². The Morgan fingerprint density at radius 1 is 1.00 bits per heavy atom. The zero-order chi connectivity index (χ0) is 17.6. The molecule has 0 saturated carbocycles. The molecule has 0 aliphatic carbocycles. The first kappa shape index (κ1) is 15.3. The Labute approximate surface area is 142 Å². The molecule has 4 aromatic rings. The quantitative estimate of drug-likeness (QED) is 0.595. The molecule has 0 fully saturated rings. The van der Waals surface area contributed by atoms with E-state index in [2.05, 4.69) is 15.0 Å². The molecule has 0 spiro atoms. The first-order valence-electron chi connectivity index (χ1n) is 7.28. The van der Waals surface area contributed by atoms with Crippen LogP contribution in [0.3, 0.4) is 0 Å². The zero-order valence-corrected chi connectivity index (χ0v) is 13.9. The summed E-state index contributed by atoms with van der Waals surface area (Å²) in [5, 5.41) is 0. The lowest BCUT2D eigenvalue weighted by Crippen LogP contribution is -2.10. The molecule has 0 saturated heterocycles. The van der Waals surface area contributed by atoms with Crippen molar-refractivity contribution in [2.75, 3.05) is 12.8 Å². The molecule has 3 aromatic heterocycles. The number of pyridine rings is 1. The van der Waals surface area contributed by atoms with Gasteiger partial charge in [-0.25, -0.2) is 23.4 Å². The van der Waals surface area contributed by atoms with Crippen LogP contribution in [0.15, 0.2) is 58.8 Å². The summed E-state index contributed by atoms with van der Waals surface area (Å²) in [6.07, 6.45) is 6.11. The van der Waals surface area contributed by atoms with Gasteiger partial charge in [0.05, 0.1) is 17.7 Å². The minimum absolute atomic E-state index is 0.0359. The topological polar surface area (TPSA) is 112 Å². The lowest BCUT2D eigenvalue weighted by molar-refractivity contribution is 0.414. The van der Waals surface area contributed by atoms with E-state index in [1.54, 1.807) is 22.7 Å². The number of nitrogen functional groups attached to an aromatic ring is 1. The van der Waals surface area contributed by atoms with Crippen LogP contribution in [0.25, 0.3) is 16.8 Å². The van der Waals surface area contributed by atoms with Crippen LogP contribution >= 0.6 is 0 Å². The maximum absolute atomic E-state index is 13.2. The van der Waals surface area contributed by atoms with Gasteiger partial charge >= 0.3 is 0 Å². The van der Waals surface area contributed by atoms with E-state index in [9.17, 15) is 8.42 Å². The molecule has 0 unspecified atom stereocenters. The maximum Gasteiger partial charge on any atom is 0.211 e. The number of sulfone groups is 1. The number of nitrogens with zero attached hydrogens (tertiary/aromatic N) is 4. The summed E-state index contributed by atoms with van der Waals surface area (Å²) in [6, 6.07) is 6.08. The normalized spacial score (nSPS) is 11.9. The predicted octanol–water partition coefficient (Wildman–Crippen LogP) is 1.70. The van der Waals surface area contributed by atoms with Crippen LogP contribution in [0.4, 0.5) is 5.69 Å². The Bertz CT molecular complexity index is 1200. The van der Waals surface area contributed by atoms with Crippen molar-refractivity contribution in [1.82, 2.24) is 19.4 Å². The molecule has 3 heterocycles. The van der Waals surface area contributed by atoms with E-state index in [0.717, 1.165) is 0 Å². The highest BCUT2D eigenvalue weighted by Gasteiger charge is 2.27. The van der Waals surface area contributed by atoms with Crippen molar-refractivity contribution in [1.29, 1.82) is 0 Å². The van der Waals surface area contributed by atoms with Gasteiger partial charge in [0.15, 0.2) is 11.3 Å². The molecule has 0 atom stereocenters. The lowest BCUT2D eigenvalue weighted by atomic mass is 10.3. The number of benzene rings is 1. The van der Waals surface area contributed by atoms with Crippen molar-refractivity contribution < 1.29 is 13.2 Å². The summed E-state index contributed by atoms with van der Waals surface area (Å²) in [5.74, 6) is 0.556. The van der Waals surface area contributed by atoms with Gasteiger partial charge in [-0.05, 0) is 24.3 Å². The van der Waals surface area contributed by atoms with Gasteiger partial charge in [-0.3, -0.25) is 4.40 Å². The third-order valence-corrected chi connectivity index (χ3v) is 5.73. The molecular formula is C16H13N5O3S. The number of aromatic nitrogens is 4. The molecule has 1 aromatic carbocycles. The molecule has 4 rings (SSSR count). The van der Waals surface area contributed by atoms with Gasteiger partial charge in [0.1, 0.15) is 16.2 Å². The molecule has 0 amide bonds. The largest absolute Gasteiger partial charge is 0.497 e. The van der Waals surface area contributed by atoms with Crippen molar-refractivity contribution in [2.24, 2.45) is 0 Å². The first-order valence-corrected chi connectivity index (χ1v) is 8.76. The van der Waals surface area contributed by atoms with Crippen LogP contribution in [0.1, 0.15) is 0 Å². The average Bonchev–Trinajstić information content (AvgIpc) is 3.12. The molecule has 0 radical (unpaired) electrons. The summed E-state index contributed by atoms with van der Waals surface area (Å²) < 4.78 is 33.1. The first-order chi connectivity index (χ1) is 12.0. The fourth-order valence-electron chi connectivity index (χ4n) is 2.71. The Hall–Kier alpha value is -3.20. The number of rotatable bonds is 3. The standard InChI is InChI=1S/C16H13N5O3S/c1-24-10-2-4-11(5-3-10)25(22,23)14-12(17)15-20-8-9-21(15)16-13(14)18-6-7-19-16/h2-9H,17H2,1H3. The Kier molecular flexibility index (Phi) is 3.32. The van der Waals surface area contributed by atoms with E-state index in [1.807, 2.05) is 0 Å². The monoisotopic (exact) mass is 355 g/mol. The molecule has 8 nitrogen and oxygen atoms in total. The Morgan fingerprint density at radius 2 is 1.68 bits per heavy atom.